The van der Waals surface area contributed by atoms with Crippen LogP contribution < -0.4 is 9.64 Å². The Hall–Kier alpha value is -4.56. The van der Waals surface area contributed by atoms with Gasteiger partial charge in [-0.15, -0.1) is 0 Å². The first-order valence-corrected chi connectivity index (χ1v) is 25.9. The molecule has 2 nitrogen and oxygen atoms in total. The maximum atomic E-state index is 5.88. The molecule has 0 fully saturated rings. The Morgan fingerprint density at radius 2 is 0.909 bits per heavy atom. The molecule has 0 heterocycles. The first-order chi connectivity index (χ1) is 31.2. The summed E-state index contributed by atoms with van der Waals surface area (Å²) in [7, 11) is 0. The van der Waals surface area contributed by atoms with Crippen molar-refractivity contribution in [3.8, 4) is 16.9 Å². The number of rotatable bonds is 21. The SMILES string of the molecule is C=CCOc1ccc(N(c2ccc(C(C)(C)C)cc2)c2ccc(C(C)(C)C(C)(C)c3ccc4c(c3)C(CC(CC)CCCC)(CC(CC)CCCC)c3cc(C(C)(C)C)ccc3-4)cc2)cc1. The molecule has 354 valence electrons. The molecule has 5 aromatic rings. The van der Waals surface area contributed by atoms with Gasteiger partial charge in [-0.2, -0.15) is 0 Å². The van der Waals surface area contributed by atoms with Crippen molar-refractivity contribution in [1.82, 2.24) is 0 Å². The van der Waals surface area contributed by atoms with Gasteiger partial charge in [0.2, 0.25) is 0 Å². The molecule has 0 saturated carbocycles. The molecule has 0 aliphatic heterocycles. The van der Waals surface area contributed by atoms with Crippen LogP contribution >= 0.6 is 0 Å². The Bertz CT molecular complexity index is 2330. The number of hydrogen-bond donors (Lipinski definition) is 0. The van der Waals surface area contributed by atoms with E-state index in [9.17, 15) is 0 Å². The van der Waals surface area contributed by atoms with E-state index >= 15 is 0 Å². The van der Waals surface area contributed by atoms with E-state index in [0.717, 1.165) is 22.8 Å². The smallest absolute Gasteiger partial charge is 0.119 e. The highest BCUT2D eigenvalue weighted by Crippen LogP contribution is 2.58. The van der Waals surface area contributed by atoms with Crippen molar-refractivity contribution < 1.29 is 4.74 Å². The summed E-state index contributed by atoms with van der Waals surface area (Å²) in [5, 5.41) is 0. The molecule has 0 saturated heterocycles. The zero-order valence-corrected chi connectivity index (χ0v) is 44.0. The summed E-state index contributed by atoms with van der Waals surface area (Å²) in [5.41, 5.74) is 14.8. The van der Waals surface area contributed by atoms with Crippen LogP contribution in [0.25, 0.3) is 11.1 Å². The predicted molar refractivity (Wildman–Crippen MR) is 289 cm³/mol. The van der Waals surface area contributed by atoms with E-state index in [2.05, 4.69) is 218 Å². The van der Waals surface area contributed by atoms with Crippen molar-refractivity contribution in [3.63, 3.8) is 0 Å². The maximum absolute atomic E-state index is 5.88. The molecule has 0 N–H and O–H groups in total. The molecule has 2 heteroatoms. The second-order valence-electron chi connectivity index (χ2n) is 23.1. The van der Waals surface area contributed by atoms with Crippen molar-refractivity contribution in [3.05, 3.63) is 155 Å². The van der Waals surface area contributed by atoms with Gasteiger partial charge < -0.3 is 9.64 Å². The van der Waals surface area contributed by atoms with Gasteiger partial charge in [-0.1, -0.05) is 222 Å². The zero-order chi connectivity index (χ0) is 48.1. The van der Waals surface area contributed by atoms with Crippen LogP contribution in [0.5, 0.6) is 5.75 Å². The highest BCUT2D eigenvalue weighted by molar-refractivity contribution is 5.82. The molecular formula is C64H87NO. The van der Waals surface area contributed by atoms with Crippen molar-refractivity contribution in [2.45, 2.75) is 188 Å². The second-order valence-corrected chi connectivity index (χ2v) is 23.1. The molecule has 0 amide bonds. The Labute approximate surface area is 403 Å². The van der Waals surface area contributed by atoms with Crippen LogP contribution in [0.2, 0.25) is 0 Å². The topological polar surface area (TPSA) is 12.5 Å². The van der Waals surface area contributed by atoms with Crippen molar-refractivity contribution in [1.29, 1.82) is 0 Å². The molecule has 0 aromatic heterocycles. The number of hydrogen-bond acceptors (Lipinski definition) is 2. The number of benzene rings is 5. The quantitative estimate of drug-likeness (QED) is 0.0681. The minimum atomic E-state index is -0.184. The van der Waals surface area contributed by atoms with Crippen molar-refractivity contribution in [2.24, 2.45) is 11.8 Å². The molecule has 2 atom stereocenters. The Morgan fingerprint density at radius 1 is 0.515 bits per heavy atom. The average molecular weight is 886 g/mol. The Kier molecular flexibility index (Phi) is 16.0. The molecule has 5 aromatic carbocycles. The third-order valence-corrected chi connectivity index (χ3v) is 16.2. The van der Waals surface area contributed by atoms with E-state index in [0.29, 0.717) is 18.4 Å². The van der Waals surface area contributed by atoms with E-state index in [-0.39, 0.29) is 27.1 Å². The van der Waals surface area contributed by atoms with E-state index in [1.807, 2.05) is 0 Å². The fourth-order valence-corrected chi connectivity index (χ4v) is 10.9. The summed E-state index contributed by atoms with van der Waals surface area (Å²) in [6, 6.07) is 42.3. The summed E-state index contributed by atoms with van der Waals surface area (Å²) in [6.45, 7) is 37.9. The van der Waals surface area contributed by atoms with Crippen LogP contribution in [0.15, 0.2) is 122 Å². The maximum Gasteiger partial charge on any atom is 0.119 e. The highest BCUT2D eigenvalue weighted by atomic mass is 16.5. The molecule has 1 aliphatic carbocycles. The van der Waals surface area contributed by atoms with Gasteiger partial charge in [-0.25, -0.2) is 0 Å². The summed E-state index contributed by atoms with van der Waals surface area (Å²) >= 11 is 0. The number of unbranched alkanes of at least 4 members (excludes halogenated alkanes) is 2. The van der Waals surface area contributed by atoms with Gasteiger partial charge in [0.1, 0.15) is 12.4 Å². The molecular weight excluding hydrogens is 799 g/mol. The van der Waals surface area contributed by atoms with Crippen molar-refractivity contribution in [2.75, 3.05) is 11.5 Å². The second kappa shape index (κ2) is 20.8. The van der Waals surface area contributed by atoms with Crippen LogP contribution in [0, 0.1) is 11.8 Å². The average Bonchev–Trinajstić information content (AvgIpc) is 3.56. The van der Waals surface area contributed by atoms with Crippen LogP contribution in [0.4, 0.5) is 17.1 Å². The number of anilines is 3. The fraction of sp³-hybridized carbons (Fsp3) is 0.500. The van der Waals surface area contributed by atoms with Gasteiger partial charge in [0, 0.05) is 22.5 Å². The largest absolute Gasteiger partial charge is 0.490 e. The molecule has 1 aliphatic rings. The first-order valence-electron chi connectivity index (χ1n) is 25.9. The lowest BCUT2D eigenvalue weighted by atomic mass is 9.59. The molecule has 66 heavy (non-hydrogen) atoms. The molecule has 6 rings (SSSR count). The number of ether oxygens (including phenoxy) is 1. The van der Waals surface area contributed by atoms with Gasteiger partial charge in [0.05, 0.1) is 0 Å². The number of nitrogens with zero attached hydrogens (tertiary/aromatic N) is 1. The Balaban J connectivity index is 1.45. The lowest BCUT2D eigenvalue weighted by Crippen LogP contribution is -2.40. The van der Waals surface area contributed by atoms with Gasteiger partial charge in [0.25, 0.3) is 0 Å². The van der Waals surface area contributed by atoms with Crippen molar-refractivity contribution >= 4 is 17.1 Å². The predicted octanol–water partition coefficient (Wildman–Crippen LogP) is 19.1. The minimum Gasteiger partial charge on any atom is -0.490 e. The third kappa shape index (κ3) is 10.6. The van der Waals surface area contributed by atoms with Gasteiger partial charge in [-0.3, -0.25) is 0 Å². The first kappa shape index (κ1) is 50.8. The molecule has 0 bridgehead atoms. The normalized spacial score (nSPS) is 16.1. The van der Waals surface area contributed by atoms with Gasteiger partial charge in [-0.05, 0) is 139 Å². The monoisotopic (exact) mass is 886 g/mol. The highest BCUT2D eigenvalue weighted by Gasteiger charge is 2.47. The lowest BCUT2D eigenvalue weighted by molar-refractivity contribution is 0.264. The molecule has 0 radical (unpaired) electrons. The lowest BCUT2D eigenvalue weighted by Gasteiger charge is -2.44. The van der Waals surface area contributed by atoms with Gasteiger partial charge >= 0.3 is 0 Å². The van der Waals surface area contributed by atoms with Crippen LogP contribution in [-0.4, -0.2) is 6.61 Å². The van der Waals surface area contributed by atoms with Crippen LogP contribution in [0.3, 0.4) is 0 Å². The minimum absolute atomic E-state index is 0.0167. The van der Waals surface area contributed by atoms with E-state index < -0.39 is 0 Å². The Morgan fingerprint density at radius 3 is 1.33 bits per heavy atom. The van der Waals surface area contributed by atoms with E-state index in [1.54, 1.807) is 17.2 Å². The molecule has 2 unspecified atom stereocenters. The summed E-state index contributed by atoms with van der Waals surface area (Å²) in [5.74, 6) is 2.22. The van der Waals surface area contributed by atoms with Crippen LogP contribution in [0.1, 0.15) is 195 Å². The number of fused-ring (bicyclic) bond motifs is 3. The van der Waals surface area contributed by atoms with Gasteiger partial charge in [0.15, 0.2) is 0 Å². The fourth-order valence-electron chi connectivity index (χ4n) is 10.9. The van der Waals surface area contributed by atoms with E-state index in [1.165, 1.54) is 97.6 Å². The zero-order valence-electron chi connectivity index (χ0n) is 44.0. The summed E-state index contributed by atoms with van der Waals surface area (Å²) < 4.78 is 5.88. The summed E-state index contributed by atoms with van der Waals surface area (Å²) in [4.78, 5) is 2.36. The standard InChI is InChI=1S/C64H87NO/c1-16-21-23-46(19-4)44-64(45-47(20-5)24-22-17-2)58-42-50(61(9,10)11)29-39-56(58)57-40-30-51(43-59(57)64)63(14,15)62(12,13)49-27-33-53(34-28-49)65(52-31-25-48(26-32-52)60(6,7)8)54-35-37-55(38-36-54)66-41-18-3/h18,25-40,42-43,46-47H,3,16-17,19-24,41,44-45H2,1-2,4-15H3. The van der Waals surface area contributed by atoms with E-state index in [4.69, 9.17) is 4.74 Å². The molecule has 0 spiro atoms. The third-order valence-electron chi connectivity index (χ3n) is 16.2. The van der Waals surface area contributed by atoms with Crippen LogP contribution in [-0.2, 0) is 27.1 Å². The summed E-state index contributed by atoms with van der Waals surface area (Å²) in [6.07, 6.45) is 14.5.